The third-order valence-corrected chi connectivity index (χ3v) is 4.96. The Morgan fingerprint density at radius 2 is 1.93 bits per heavy atom. The van der Waals surface area contributed by atoms with Gasteiger partial charge >= 0.3 is 6.03 Å². The fourth-order valence-corrected chi connectivity index (χ4v) is 3.33. The minimum Gasteiger partial charge on any atom is -0.492 e. The molecule has 0 spiro atoms. The number of para-hydroxylation sites is 1. The molecule has 0 radical (unpaired) electrons. The van der Waals surface area contributed by atoms with E-state index in [1.165, 1.54) is 0 Å². The molecule has 1 aliphatic rings. The highest BCUT2D eigenvalue weighted by molar-refractivity contribution is 5.90. The third kappa shape index (κ3) is 6.76. The molecule has 6 heteroatoms. The summed E-state index contributed by atoms with van der Waals surface area (Å²) in [4.78, 5) is 14.7. The molecule has 1 fully saturated rings. The SMILES string of the molecule is CC(C)c1ccccc1NC(=O)NCc1cccc(OCCN2CCOCC2)c1. The third-order valence-electron chi connectivity index (χ3n) is 4.96. The maximum atomic E-state index is 12.3. The van der Waals surface area contributed by atoms with E-state index in [9.17, 15) is 4.79 Å². The molecule has 0 unspecified atom stereocenters. The summed E-state index contributed by atoms with van der Waals surface area (Å²) in [5, 5.41) is 5.87. The van der Waals surface area contributed by atoms with Gasteiger partial charge in [-0.25, -0.2) is 4.79 Å². The number of hydrogen-bond donors (Lipinski definition) is 2. The van der Waals surface area contributed by atoms with Crippen molar-refractivity contribution in [3.63, 3.8) is 0 Å². The molecule has 3 rings (SSSR count). The van der Waals surface area contributed by atoms with Gasteiger partial charge in [0.15, 0.2) is 0 Å². The van der Waals surface area contributed by atoms with Crippen LogP contribution in [0.5, 0.6) is 5.75 Å². The van der Waals surface area contributed by atoms with E-state index in [-0.39, 0.29) is 6.03 Å². The number of ether oxygens (including phenoxy) is 2. The number of hydrogen-bond acceptors (Lipinski definition) is 4. The minimum absolute atomic E-state index is 0.211. The maximum Gasteiger partial charge on any atom is 0.319 e. The summed E-state index contributed by atoms with van der Waals surface area (Å²) in [7, 11) is 0. The van der Waals surface area contributed by atoms with Crippen LogP contribution in [0.25, 0.3) is 0 Å². The van der Waals surface area contributed by atoms with E-state index in [1.807, 2.05) is 48.5 Å². The molecular weight excluding hydrogens is 366 g/mol. The van der Waals surface area contributed by atoms with Crippen LogP contribution in [-0.2, 0) is 11.3 Å². The van der Waals surface area contributed by atoms with Crippen LogP contribution < -0.4 is 15.4 Å². The molecule has 0 saturated carbocycles. The van der Waals surface area contributed by atoms with Crippen molar-refractivity contribution in [3.05, 3.63) is 59.7 Å². The summed E-state index contributed by atoms with van der Waals surface area (Å²) in [5.41, 5.74) is 2.97. The molecule has 1 aliphatic heterocycles. The van der Waals surface area contributed by atoms with E-state index in [2.05, 4.69) is 29.4 Å². The second-order valence-electron chi connectivity index (χ2n) is 7.50. The minimum atomic E-state index is -0.211. The van der Waals surface area contributed by atoms with Gasteiger partial charge in [-0.1, -0.05) is 44.2 Å². The van der Waals surface area contributed by atoms with Crippen molar-refractivity contribution >= 4 is 11.7 Å². The van der Waals surface area contributed by atoms with Crippen molar-refractivity contribution in [1.82, 2.24) is 10.2 Å². The molecule has 2 amide bonds. The number of urea groups is 1. The van der Waals surface area contributed by atoms with Crippen molar-refractivity contribution in [3.8, 4) is 5.75 Å². The highest BCUT2D eigenvalue weighted by Gasteiger charge is 2.11. The zero-order chi connectivity index (χ0) is 20.5. The second kappa shape index (κ2) is 10.8. The quantitative estimate of drug-likeness (QED) is 0.710. The monoisotopic (exact) mass is 397 g/mol. The average molecular weight is 398 g/mol. The summed E-state index contributed by atoms with van der Waals surface area (Å²) < 4.78 is 11.2. The normalized spacial score (nSPS) is 14.6. The zero-order valence-electron chi connectivity index (χ0n) is 17.3. The van der Waals surface area contributed by atoms with Crippen LogP contribution in [0.3, 0.4) is 0 Å². The Labute approximate surface area is 173 Å². The van der Waals surface area contributed by atoms with Crippen molar-refractivity contribution in [2.45, 2.75) is 26.3 Å². The lowest BCUT2D eigenvalue weighted by Crippen LogP contribution is -2.38. The molecule has 1 heterocycles. The van der Waals surface area contributed by atoms with Gasteiger partial charge in [-0.2, -0.15) is 0 Å². The molecule has 6 nitrogen and oxygen atoms in total. The topological polar surface area (TPSA) is 62.8 Å². The number of amides is 2. The van der Waals surface area contributed by atoms with E-state index < -0.39 is 0 Å². The number of rotatable bonds is 8. The van der Waals surface area contributed by atoms with Gasteiger partial charge < -0.3 is 20.1 Å². The van der Waals surface area contributed by atoms with Gasteiger partial charge in [0, 0.05) is 31.9 Å². The highest BCUT2D eigenvalue weighted by atomic mass is 16.5. The fraction of sp³-hybridized carbons (Fsp3) is 0.435. The number of nitrogens with one attached hydrogen (secondary N) is 2. The molecule has 156 valence electrons. The zero-order valence-corrected chi connectivity index (χ0v) is 17.3. The number of nitrogens with zero attached hydrogens (tertiary/aromatic N) is 1. The Bertz CT molecular complexity index is 788. The molecule has 2 N–H and O–H groups in total. The summed E-state index contributed by atoms with van der Waals surface area (Å²) in [6.07, 6.45) is 0. The largest absolute Gasteiger partial charge is 0.492 e. The summed E-state index contributed by atoms with van der Waals surface area (Å²) in [6, 6.07) is 15.5. The first-order valence-electron chi connectivity index (χ1n) is 10.3. The Morgan fingerprint density at radius 1 is 1.14 bits per heavy atom. The Balaban J connectivity index is 1.45. The van der Waals surface area contributed by atoms with Crippen LogP contribution in [0.15, 0.2) is 48.5 Å². The number of morpholine rings is 1. The van der Waals surface area contributed by atoms with Gasteiger partial charge in [0.2, 0.25) is 0 Å². The van der Waals surface area contributed by atoms with Crippen LogP contribution >= 0.6 is 0 Å². The van der Waals surface area contributed by atoms with Gasteiger partial charge in [-0.3, -0.25) is 4.90 Å². The molecular formula is C23H31N3O3. The molecule has 0 atom stereocenters. The van der Waals surface area contributed by atoms with Crippen LogP contribution in [0.2, 0.25) is 0 Å². The molecule has 0 aliphatic carbocycles. The molecule has 2 aromatic carbocycles. The number of benzene rings is 2. The van der Waals surface area contributed by atoms with Crippen molar-refractivity contribution in [1.29, 1.82) is 0 Å². The van der Waals surface area contributed by atoms with Crippen LogP contribution in [0.4, 0.5) is 10.5 Å². The molecule has 1 saturated heterocycles. The summed E-state index contributed by atoms with van der Waals surface area (Å²) >= 11 is 0. The van der Waals surface area contributed by atoms with Crippen LogP contribution in [0.1, 0.15) is 30.9 Å². The first-order chi connectivity index (χ1) is 14.1. The van der Waals surface area contributed by atoms with Gasteiger partial charge in [0.1, 0.15) is 12.4 Å². The Kier molecular flexibility index (Phi) is 7.90. The Morgan fingerprint density at radius 3 is 2.72 bits per heavy atom. The predicted octanol–water partition coefficient (Wildman–Crippen LogP) is 3.84. The first-order valence-corrected chi connectivity index (χ1v) is 10.3. The van der Waals surface area contributed by atoms with Crippen molar-refractivity contribution < 1.29 is 14.3 Å². The van der Waals surface area contributed by atoms with E-state index in [1.54, 1.807) is 0 Å². The standard InChI is InChI=1S/C23H31N3O3/c1-18(2)21-8-3-4-9-22(21)25-23(27)24-17-19-6-5-7-20(16-19)29-15-12-26-10-13-28-14-11-26/h3-9,16,18H,10-15,17H2,1-2H3,(H2,24,25,27). The molecule has 0 bridgehead atoms. The smallest absolute Gasteiger partial charge is 0.319 e. The number of carbonyl (C=O) groups is 1. The summed E-state index contributed by atoms with van der Waals surface area (Å²) in [5.74, 6) is 1.17. The van der Waals surface area contributed by atoms with E-state index in [0.29, 0.717) is 19.1 Å². The van der Waals surface area contributed by atoms with Gasteiger partial charge in [0.25, 0.3) is 0 Å². The van der Waals surface area contributed by atoms with E-state index in [0.717, 1.165) is 55.4 Å². The predicted molar refractivity (Wildman–Crippen MR) is 116 cm³/mol. The number of anilines is 1. The summed E-state index contributed by atoms with van der Waals surface area (Å²) in [6.45, 7) is 9.72. The van der Waals surface area contributed by atoms with Crippen molar-refractivity contribution in [2.24, 2.45) is 0 Å². The second-order valence-corrected chi connectivity index (χ2v) is 7.50. The van der Waals surface area contributed by atoms with E-state index >= 15 is 0 Å². The molecule has 0 aromatic heterocycles. The highest BCUT2D eigenvalue weighted by Crippen LogP contribution is 2.23. The van der Waals surface area contributed by atoms with Gasteiger partial charge in [-0.15, -0.1) is 0 Å². The van der Waals surface area contributed by atoms with Gasteiger partial charge in [0.05, 0.1) is 13.2 Å². The molecule has 29 heavy (non-hydrogen) atoms. The lowest BCUT2D eigenvalue weighted by atomic mass is 10.0. The first kappa shape index (κ1) is 21.1. The average Bonchev–Trinajstić information content (AvgIpc) is 2.74. The lowest BCUT2D eigenvalue weighted by Gasteiger charge is -2.26. The Hall–Kier alpha value is -2.57. The van der Waals surface area contributed by atoms with E-state index in [4.69, 9.17) is 9.47 Å². The van der Waals surface area contributed by atoms with Crippen molar-refractivity contribution in [2.75, 3.05) is 44.8 Å². The van der Waals surface area contributed by atoms with Crippen LogP contribution in [-0.4, -0.2) is 50.4 Å². The van der Waals surface area contributed by atoms with Gasteiger partial charge in [-0.05, 0) is 35.2 Å². The fourth-order valence-electron chi connectivity index (χ4n) is 3.33. The maximum absolute atomic E-state index is 12.3. The molecule has 2 aromatic rings. The van der Waals surface area contributed by atoms with Crippen LogP contribution in [0, 0.1) is 0 Å². The number of carbonyl (C=O) groups excluding carboxylic acids is 1. The lowest BCUT2D eigenvalue weighted by molar-refractivity contribution is 0.0322.